The molecule has 16 heavy (non-hydrogen) atoms. The molecule has 0 heterocycles. The summed E-state index contributed by atoms with van der Waals surface area (Å²) >= 11 is 1.68. The highest BCUT2D eigenvalue weighted by atomic mass is 32.2. The van der Waals surface area contributed by atoms with Crippen LogP contribution in [0.4, 0.5) is 4.39 Å². The minimum absolute atomic E-state index is 0.0112. The SMILES string of the molecule is CCSCCOc1cc(F)ccc1C(=O)O. The van der Waals surface area contributed by atoms with E-state index in [9.17, 15) is 9.18 Å². The zero-order chi connectivity index (χ0) is 12.0. The topological polar surface area (TPSA) is 46.5 Å². The number of hydrogen-bond donors (Lipinski definition) is 1. The van der Waals surface area contributed by atoms with Gasteiger partial charge in [0.25, 0.3) is 0 Å². The van der Waals surface area contributed by atoms with Gasteiger partial charge in [-0.05, 0) is 17.9 Å². The van der Waals surface area contributed by atoms with E-state index >= 15 is 0 Å². The van der Waals surface area contributed by atoms with Gasteiger partial charge in [0, 0.05) is 11.8 Å². The van der Waals surface area contributed by atoms with Crippen molar-refractivity contribution < 1.29 is 19.0 Å². The van der Waals surface area contributed by atoms with Crippen LogP contribution in [-0.4, -0.2) is 29.2 Å². The number of rotatable bonds is 6. The summed E-state index contributed by atoms with van der Waals surface area (Å²) in [5, 5.41) is 8.85. The van der Waals surface area contributed by atoms with Crippen LogP contribution in [0.2, 0.25) is 0 Å². The Labute approximate surface area is 97.6 Å². The molecular weight excluding hydrogens is 231 g/mol. The minimum atomic E-state index is -1.11. The van der Waals surface area contributed by atoms with Crippen molar-refractivity contribution in [2.75, 3.05) is 18.1 Å². The predicted molar refractivity (Wildman–Crippen MR) is 61.9 cm³/mol. The number of aromatic carboxylic acids is 1. The lowest BCUT2D eigenvalue weighted by molar-refractivity contribution is 0.0692. The van der Waals surface area contributed by atoms with Crippen molar-refractivity contribution in [3.63, 3.8) is 0 Å². The van der Waals surface area contributed by atoms with Gasteiger partial charge in [0.2, 0.25) is 0 Å². The van der Waals surface area contributed by atoms with Gasteiger partial charge in [0.15, 0.2) is 0 Å². The first kappa shape index (κ1) is 12.8. The summed E-state index contributed by atoms with van der Waals surface area (Å²) in [6, 6.07) is 3.41. The molecule has 0 aliphatic carbocycles. The molecule has 0 aliphatic rings. The fourth-order valence-electron chi connectivity index (χ4n) is 1.15. The van der Waals surface area contributed by atoms with Crippen LogP contribution in [0.15, 0.2) is 18.2 Å². The van der Waals surface area contributed by atoms with E-state index in [1.54, 1.807) is 11.8 Å². The minimum Gasteiger partial charge on any atom is -0.492 e. The van der Waals surface area contributed by atoms with Gasteiger partial charge in [0.05, 0.1) is 6.61 Å². The molecule has 1 aromatic rings. The lowest BCUT2D eigenvalue weighted by Crippen LogP contribution is -2.06. The molecule has 1 aromatic carbocycles. The van der Waals surface area contributed by atoms with Gasteiger partial charge in [-0.1, -0.05) is 6.92 Å². The van der Waals surface area contributed by atoms with Crippen molar-refractivity contribution in [1.29, 1.82) is 0 Å². The molecule has 0 spiro atoms. The molecular formula is C11H13FO3S. The van der Waals surface area contributed by atoms with E-state index in [4.69, 9.17) is 9.84 Å². The predicted octanol–water partition coefficient (Wildman–Crippen LogP) is 2.66. The fourth-order valence-corrected chi connectivity index (χ4v) is 1.64. The third kappa shape index (κ3) is 3.73. The number of carboxylic acids is 1. The van der Waals surface area contributed by atoms with Gasteiger partial charge in [-0.25, -0.2) is 9.18 Å². The Hall–Kier alpha value is -1.23. The Kier molecular flexibility index (Phi) is 5.11. The molecule has 0 bridgehead atoms. The zero-order valence-corrected chi connectivity index (χ0v) is 9.72. The summed E-state index contributed by atoms with van der Waals surface area (Å²) in [6.45, 7) is 2.40. The highest BCUT2D eigenvalue weighted by Crippen LogP contribution is 2.20. The Bertz CT molecular complexity index is 368. The molecule has 3 nitrogen and oxygen atoms in total. The molecule has 0 radical (unpaired) electrons. The Morgan fingerprint density at radius 2 is 2.31 bits per heavy atom. The van der Waals surface area contributed by atoms with Gasteiger partial charge in [-0.3, -0.25) is 0 Å². The molecule has 0 saturated carbocycles. The van der Waals surface area contributed by atoms with Crippen molar-refractivity contribution in [3.8, 4) is 5.75 Å². The summed E-state index contributed by atoms with van der Waals surface area (Å²) < 4.78 is 18.1. The second kappa shape index (κ2) is 6.37. The van der Waals surface area contributed by atoms with E-state index in [1.165, 1.54) is 6.07 Å². The van der Waals surface area contributed by atoms with Crippen molar-refractivity contribution in [3.05, 3.63) is 29.6 Å². The standard InChI is InChI=1S/C11H13FO3S/c1-2-16-6-5-15-10-7-8(12)3-4-9(10)11(13)14/h3-4,7H,2,5-6H2,1H3,(H,13,14). The van der Waals surface area contributed by atoms with Crippen LogP contribution in [0.3, 0.4) is 0 Å². The third-order valence-corrected chi connectivity index (χ3v) is 2.73. The van der Waals surface area contributed by atoms with Crippen LogP contribution >= 0.6 is 11.8 Å². The smallest absolute Gasteiger partial charge is 0.339 e. The Morgan fingerprint density at radius 1 is 1.56 bits per heavy atom. The van der Waals surface area contributed by atoms with E-state index in [-0.39, 0.29) is 11.3 Å². The van der Waals surface area contributed by atoms with E-state index < -0.39 is 11.8 Å². The quantitative estimate of drug-likeness (QED) is 0.781. The van der Waals surface area contributed by atoms with Gasteiger partial charge in [-0.2, -0.15) is 11.8 Å². The average Bonchev–Trinajstić information content (AvgIpc) is 2.24. The van der Waals surface area contributed by atoms with Crippen LogP contribution in [-0.2, 0) is 0 Å². The number of carbonyl (C=O) groups is 1. The Morgan fingerprint density at radius 3 is 2.94 bits per heavy atom. The molecule has 1 rings (SSSR count). The molecule has 0 unspecified atom stereocenters. The van der Waals surface area contributed by atoms with E-state index in [1.807, 2.05) is 6.92 Å². The zero-order valence-electron chi connectivity index (χ0n) is 8.90. The molecule has 0 aromatic heterocycles. The summed E-state index contributed by atoms with van der Waals surface area (Å²) in [6.07, 6.45) is 0. The second-order valence-electron chi connectivity index (χ2n) is 2.99. The maximum atomic E-state index is 12.9. The van der Waals surface area contributed by atoms with Crippen molar-refractivity contribution in [2.45, 2.75) is 6.92 Å². The van der Waals surface area contributed by atoms with Crippen molar-refractivity contribution in [2.24, 2.45) is 0 Å². The molecule has 5 heteroatoms. The van der Waals surface area contributed by atoms with Crippen LogP contribution < -0.4 is 4.74 Å². The maximum Gasteiger partial charge on any atom is 0.339 e. The lowest BCUT2D eigenvalue weighted by atomic mass is 10.2. The second-order valence-corrected chi connectivity index (χ2v) is 4.38. The molecule has 0 saturated heterocycles. The number of hydrogen-bond acceptors (Lipinski definition) is 3. The first-order chi connectivity index (χ1) is 7.65. The number of halogens is 1. The van der Waals surface area contributed by atoms with Crippen molar-refractivity contribution in [1.82, 2.24) is 0 Å². The molecule has 0 fully saturated rings. The summed E-state index contributed by atoms with van der Waals surface area (Å²) in [7, 11) is 0. The number of thioether (sulfide) groups is 1. The normalized spacial score (nSPS) is 10.1. The molecule has 0 amide bonds. The van der Waals surface area contributed by atoms with Crippen molar-refractivity contribution >= 4 is 17.7 Å². The van der Waals surface area contributed by atoms with Crippen LogP contribution in [0.1, 0.15) is 17.3 Å². The third-order valence-electron chi connectivity index (χ3n) is 1.86. The molecule has 0 aliphatic heterocycles. The fraction of sp³-hybridized carbons (Fsp3) is 0.364. The molecule has 0 atom stereocenters. The Balaban J connectivity index is 2.68. The first-order valence-electron chi connectivity index (χ1n) is 4.88. The van der Waals surface area contributed by atoms with E-state index in [2.05, 4.69) is 0 Å². The summed E-state index contributed by atoms with van der Waals surface area (Å²) in [4.78, 5) is 10.8. The van der Waals surface area contributed by atoms with Crippen LogP contribution in [0, 0.1) is 5.82 Å². The molecule has 1 N–H and O–H groups in total. The first-order valence-corrected chi connectivity index (χ1v) is 6.04. The largest absolute Gasteiger partial charge is 0.492 e. The van der Waals surface area contributed by atoms with E-state index in [0.29, 0.717) is 6.61 Å². The van der Waals surface area contributed by atoms with Gasteiger partial charge >= 0.3 is 5.97 Å². The summed E-state index contributed by atoms with van der Waals surface area (Å²) in [5.74, 6) is 0.204. The maximum absolute atomic E-state index is 12.9. The highest BCUT2D eigenvalue weighted by molar-refractivity contribution is 7.99. The number of benzene rings is 1. The monoisotopic (exact) mass is 244 g/mol. The lowest BCUT2D eigenvalue weighted by Gasteiger charge is -2.08. The van der Waals surface area contributed by atoms with Crippen LogP contribution in [0.25, 0.3) is 0 Å². The van der Waals surface area contributed by atoms with Gasteiger partial charge < -0.3 is 9.84 Å². The highest BCUT2D eigenvalue weighted by Gasteiger charge is 2.11. The number of ether oxygens (including phenoxy) is 1. The summed E-state index contributed by atoms with van der Waals surface area (Å²) in [5.41, 5.74) is -0.0112. The van der Waals surface area contributed by atoms with Crippen LogP contribution in [0.5, 0.6) is 5.75 Å². The molecule has 88 valence electrons. The van der Waals surface area contributed by atoms with Gasteiger partial charge in [0.1, 0.15) is 17.1 Å². The van der Waals surface area contributed by atoms with E-state index in [0.717, 1.165) is 23.6 Å². The average molecular weight is 244 g/mol. The number of carboxylic acid groups (broad SMARTS) is 1. The van der Waals surface area contributed by atoms with Gasteiger partial charge in [-0.15, -0.1) is 0 Å².